The molecular formula is C19H17ClO5. The molecule has 0 amide bonds. The number of fused-ring (bicyclic) bond motifs is 1. The van der Waals surface area contributed by atoms with Gasteiger partial charge in [-0.15, -0.1) is 0 Å². The Morgan fingerprint density at radius 1 is 1.24 bits per heavy atom. The molecule has 0 spiro atoms. The second-order valence-corrected chi connectivity index (χ2v) is 5.75. The van der Waals surface area contributed by atoms with E-state index in [1.807, 2.05) is 0 Å². The van der Waals surface area contributed by atoms with Gasteiger partial charge in [0.25, 0.3) is 0 Å². The van der Waals surface area contributed by atoms with Crippen molar-refractivity contribution < 1.29 is 24.1 Å². The fraction of sp³-hybridized carbons (Fsp3) is 0.211. The monoisotopic (exact) mass is 360 g/mol. The number of halogens is 1. The molecule has 6 heteroatoms. The normalized spacial score (nSPS) is 13.0. The Hall–Kier alpha value is -2.66. The Bertz CT molecular complexity index is 829. The predicted octanol–water partition coefficient (Wildman–Crippen LogP) is 4.11. The van der Waals surface area contributed by atoms with Crippen molar-refractivity contribution in [3.05, 3.63) is 52.6 Å². The predicted molar refractivity (Wildman–Crippen MR) is 95.1 cm³/mol. The molecule has 0 unspecified atom stereocenters. The average molecular weight is 361 g/mol. The van der Waals surface area contributed by atoms with Gasteiger partial charge >= 0.3 is 0 Å². The van der Waals surface area contributed by atoms with Crippen LogP contribution in [0.1, 0.15) is 22.8 Å². The van der Waals surface area contributed by atoms with Crippen LogP contribution in [0.5, 0.6) is 23.0 Å². The molecule has 1 aliphatic rings. The number of aromatic hydroxyl groups is 1. The summed E-state index contributed by atoms with van der Waals surface area (Å²) in [7, 11) is 0. The highest BCUT2D eigenvalue weighted by Gasteiger charge is 2.14. The van der Waals surface area contributed by atoms with E-state index in [4.69, 9.17) is 25.8 Å². The number of phenols is 1. The largest absolute Gasteiger partial charge is 0.503 e. The van der Waals surface area contributed by atoms with Crippen LogP contribution in [-0.2, 0) is 0 Å². The number of hydrogen-bond donors (Lipinski definition) is 1. The molecule has 0 radical (unpaired) electrons. The highest BCUT2D eigenvalue weighted by atomic mass is 35.5. The standard InChI is InChI=1S/C19H17ClO5/c1-2-23-18-10-12(9-14(20)19(18)22)3-5-15(21)13-4-6-16-17(11-13)25-8-7-24-16/h3-6,9-11,22H,2,7-8H2,1H3/b5-3+. The van der Waals surface area contributed by atoms with Gasteiger partial charge in [-0.05, 0) is 48.9 Å². The molecule has 130 valence electrons. The van der Waals surface area contributed by atoms with E-state index in [1.54, 1.807) is 43.3 Å². The summed E-state index contributed by atoms with van der Waals surface area (Å²) in [4.78, 5) is 12.4. The van der Waals surface area contributed by atoms with E-state index in [1.165, 1.54) is 6.08 Å². The molecular weight excluding hydrogens is 344 g/mol. The summed E-state index contributed by atoms with van der Waals surface area (Å²) < 4.78 is 16.3. The van der Waals surface area contributed by atoms with Crippen molar-refractivity contribution in [3.63, 3.8) is 0 Å². The van der Waals surface area contributed by atoms with Crippen LogP contribution >= 0.6 is 11.6 Å². The van der Waals surface area contributed by atoms with Crippen LogP contribution in [0.4, 0.5) is 0 Å². The van der Waals surface area contributed by atoms with E-state index in [-0.39, 0.29) is 22.3 Å². The molecule has 1 aliphatic heterocycles. The zero-order valence-electron chi connectivity index (χ0n) is 13.6. The van der Waals surface area contributed by atoms with Gasteiger partial charge in [-0.2, -0.15) is 0 Å². The first-order chi connectivity index (χ1) is 12.1. The van der Waals surface area contributed by atoms with E-state index in [2.05, 4.69) is 0 Å². The Labute approximate surface area is 150 Å². The van der Waals surface area contributed by atoms with Gasteiger partial charge in [-0.1, -0.05) is 17.7 Å². The summed E-state index contributed by atoms with van der Waals surface area (Å²) >= 11 is 5.99. The molecule has 0 atom stereocenters. The van der Waals surface area contributed by atoms with Crippen molar-refractivity contribution >= 4 is 23.5 Å². The Morgan fingerprint density at radius 2 is 2.00 bits per heavy atom. The van der Waals surface area contributed by atoms with Gasteiger partial charge in [0.15, 0.2) is 28.8 Å². The van der Waals surface area contributed by atoms with Gasteiger partial charge in [0.1, 0.15) is 13.2 Å². The van der Waals surface area contributed by atoms with E-state index < -0.39 is 0 Å². The number of carbonyl (C=O) groups excluding carboxylic acids is 1. The minimum absolute atomic E-state index is 0.112. The van der Waals surface area contributed by atoms with Crippen LogP contribution in [0, 0.1) is 0 Å². The van der Waals surface area contributed by atoms with E-state index >= 15 is 0 Å². The summed E-state index contributed by atoms with van der Waals surface area (Å²) in [5.74, 6) is 1.19. The lowest BCUT2D eigenvalue weighted by Crippen LogP contribution is -2.15. The number of allylic oxidation sites excluding steroid dienone is 1. The van der Waals surface area contributed by atoms with E-state index in [0.717, 1.165) is 0 Å². The van der Waals surface area contributed by atoms with Crippen LogP contribution in [0.3, 0.4) is 0 Å². The molecule has 1 heterocycles. The molecule has 0 fully saturated rings. The topological polar surface area (TPSA) is 65.0 Å². The highest BCUT2D eigenvalue weighted by molar-refractivity contribution is 6.32. The lowest BCUT2D eigenvalue weighted by Gasteiger charge is -2.18. The van der Waals surface area contributed by atoms with Crippen LogP contribution in [-0.4, -0.2) is 30.7 Å². The van der Waals surface area contributed by atoms with Crippen molar-refractivity contribution in [1.82, 2.24) is 0 Å². The number of benzene rings is 2. The molecule has 0 saturated heterocycles. The summed E-state index contributed by atoms with van der Waals surface area (Å²) in [6, 6.07) is 8.26. The molecule has 3 rings (SSSR count). The van der Waals surface area contributed by atoms with Crippen LogP contribution in [0.15, 0.2) is 36.4 Å². The van der Waals surface area contributed by atoms with Gasteiger partial charge in [0.2, 0.25) is 0 Å². The smallest absolute Gasteiger partial charge is 0.185 e. The summed E-state index contributed by atoms with van der Waals surface area (Å²) in [6.07, 6.45) is 3.05. The van der Waals surface area contributed by atoms with Crippen molar-refractivity contribution in [1.29, 1.82) is 0 Å². The first-order valence-electron chi connectivity index (χ1n) is 7.86. The van der Waals surface area contributed by atoms with Crippen LogP contribution in [0.25, 0.3) is 6.08 Å². The molecule has 2 aromatic rings. The van der Waals surface area contributed by atoms with Gasteiger partial charge in [-0.25, -0.2) is 0 Å². The molecule has 1 N–H and O–H groups in total. The molecule has 0 bridgehead atoms. The highest BCUT2D eigenvalue weighted by Crippen LogP contribution is 2.36. The van der Waals surface area contributed by atoms with Gasteiger partial charge in [0.05, 0.1) is 11.6 Å². The molecule has 5 nitrogen and oxygen atoms in total. The van der Waals surface area contributed by atoms with Gasteiger partial charge in [0, 0.05) is 5.56 Å². The summed E-state index contributed by atoms with van der Waals surface area (Å²) in [6.45, 7) is 3.17. The molecule has 0 saturated carbocycles. The number of hydrogen-bond acceptors (Lipinski definition) is 5. The first kappa shape index (κ1) is 17.2. The Balaban J connectivity index is 1.81. The lowest BCUT2D eigenvalue weighted by molar-refractivity contribution is 0.104. The minimum atomic E-state index is -0.181. The minimum Gasteiger partial charge on any atom is -0.503 e. The molecule has 0 aromatic heterocycles. The molecule has 25 heavy (non-hydrogen) atoms. The van der Waals surface area contributed by atoms with Gasteiger partial charge in [-0.3, -0.25) is 4.79 Å². The van der Waals surface area contributed by atoms with E-state index in [9.17, 15) is 9.90 Å². The summed E-state index contributed by atoms with van der Waals surface area (Å²) in [5, 5.41) is 10.0. The maximum Gasteiger partial charge on any atom is 0.185 e. The fourth-order valence-corrected chi connectivity index (χ4v) is 2.64. The van der Waals surface area contributed by atoms with Crippen LogP contribution < -0.4 is 14.2 Å². The van der Waals surface area contributed by atoms with Crippen molar-refractivity contribution in [2.24, 2.45) is 0 Å². The Morgan fingerprint density at radius 3 is 2.76 bits per heavy atom. The number of ketones is 1. The second-order valence-electron chi connectivity index (χ2n) is 5.34. The van der Waals surface area contributed by atoms with E-state index in [0.29, 0.717) is 42.4 Å². The third-order valence-electron chi connectivity index (χ3n) is 3.60. The average Bonchev–Trinajstić information content (AvgIpc) is 2.63. The van der Waals surface area contributed by atoms with Crippen LogP contribution in [0.2, 0.25) is 5.02 Å². The number of ether oxygens (including phenoxy) is 3. The number of phenolic OH excluding ortho intramolecular Hbond substituents is 1. The van der Waals surface area contributed by atoms with Crippen molar-refractivity contribution in [2.75, 3.05) is 19.8 Å². The third-order valence-corrected chi connectivity index (χ3v) is 3.89. The van der Waals surface area contributed by atoms with Crippen molar-refractivity contribution in [2.45, 2.75) is 6.92 Å². The zero-order valence-corrected chi connectivity index (χ0v) is 14.4. The maximum absolute atomic E-state index is 12.4. The zero-order chi connectivity index (χ0) is 17.8. The number of carbonyl (C=O) groups is 1. The molecule has 2 aromatic carbocycles. The fourth-order valence-electron chi connectivity index (χ4n) is 2.42. The Kier molecular flexibility index (Phi) is 5.14. The maximum atomic E-state index is 12.4. The number of rotatable bonds is 5. The third kappa shape index (κ3) is 3.88. The summed E-state index contributed by atoms with van der Waals surface area (Å²) in [5.41, 5.74) is 1.15. The molecule has 0 aliphatic carbocycles. The first-order valence-corrected chi connectivity index (χ1v) is 8.23. The van der Waals surface area contributed by atoms with Crippen molar-refractivity contribution in [3.8, 4) is 23.0 Å². The van der Waals surface area contributed by atoms with Gasteiger partial charge < -0.3 is 19.3 Å². The lowest BCUT2D eigenvalue weighted by atomic mass is 10.1. The second kappa shape index (κ2) is 7.49. The quantitative estimate of drug-likeness (QED) is 0.642. The SMILES string of the molecule is CCOc1cc(/C=C/C(=O)c2ccc3c(c2)OCCO3)cc(Cl)c1O.